The SMILES string of the molecule is NNN.O=C(O)O. The highest BCUT2D eigenvalue weighted by Crippen LogP contribution is 1.42. The predicted octanol–water partition coefficient (Wildman–Crippen LogP) is -1.45. The summed E-state index contributed by atoms with van der Waals surface area (Å²) < 4.78 is 0. The number of rotatable bonds is 0. The van der Waals surface area contributed by atoms with Crippen LogP contribution in [0.4, 0.5) is 4.79 Å². The summed E-state index contributed by atoms with van der Waals surface area (Å²) in [6.07, 6.45) is -1.83. The molecule has 7 heavy (non-hydrogen) atoms. The van der Waals surface area contributed by atoms with Gasteiger partial charge in [0.2, 0.25) is 0 Å². The Morgan fingerprint density at radius 2 is 1.43 bits per heavy atom. The predicted molar refractivity (Wildman–Crippen MR) is 22.2 cm³/mol. The Hall–Kier alpha value is -0.850. The zero-order valence-corrected chi connectivity index (χ0v) is 3.46. The molecule has 0 radical (unpaired) electrons. The average Bonchev–Trinajstić information content (AvgIpc) is 1.33. The van der Waals surface area contributed by atoms with E-state index in [4.69, 9.17) is 15.0 Å². The number of hydrogen-bond donors (Lipinski definition) is 5. The van der Waals surface area contributed by atoms with Crippen LogP contribution < -0.4 is 17.2 Å². The van der Waals surface area contributed by atoms with Crippen LogP contribution >= 0.6 is 0 Å². The number of hydrogen-bond acceptors (Lipinski definition) is 4. The van der Waals surface area contributed by atoms with Crippen LogP contribution in [0, 0.1) is 0 Å². The first-order chi connectivity index (χ1) is 3.15. The zero-order valence-electron chi connectivity index (χ0n) is 3.46. The monoisotopic (exact) mass is 109 g/mol. The molecule has 0 saturated heterocycles. The first kappa shape index (κ1) is 9.47. The van der Waals surface area contributed by atoms with E-state index < -0.39 is 6.16 Å². The van der Waals surface area contributed by atoms with Crippen LogP contribution in [0.1, 0.15) is 0 Å². The van der Waals surface area contributed by atoms with Crippen LogP contribution in [-0.4, -0.2) is 16.4 Å². The Labute approximate surface area is 39.7 Å². The third kappa shape index (κ3) is 70.7. The van der Waals surface area contributed by atoms with Gasteiger partial charge in [-0.1, -0.05) is 0 Å². The van der Waals surface area contributed by atoms with E-state index in [2.05, 4.69) is 11.7 Å². The second-order valence-corrected chi connectivity index (χ2v) is 0.449. The molecule has 6 nitrogen and oxygen atoms in total. The molecule has 6 heteroatoms. The summed E-state index contributed by atoms with van der Waals surface area (Å²) in [5.74, 6) is 8.75. The van der Waals surface area contributed by atoms with Crippen LogP contribution in [-0.2, 0) is 0 Å². The van der Waals surface area contributed by atoms with Gasteiger partial charge in [0.05, 0.1) is 0 Å². The Kier molecular flexibility index (Phi) is 12.1. The van der Waals surface area contributed by atoms with Crippen molar-refractivity contribution < 1.29 is 15.0 Å². The van der Waals surface area contributed by atoms with E-state index >= 15 is 0 Å². The Morgan fingerprint density at radius 1 is 1.43 bits per heavy atom. The fraction of sp³-hybridized carbons (Fsp3) is 0. The van der Waals surface area contributed by atoms with Crippen molar-refractivity contribution in [2.45, 2.75) is 0 Å². The van der Waals surface area contributed by atoms with Crippen LogP contribution in [0.3, 0.4) is 0 Å². The molecule has 0 aromatic carbocycles. The van der Waals surface area contributed by atoms with Crippen molar-refractivity contribution in [3.8, 4) is 0 Å². The third-order valence-electron chi connectivity index (χ3n) is 0. The third-order valence-corrected chi connectivity index (χ3v) is 0. The zero-order chi connectivity index (χ0) is 6.28. The lowest BCUT2D eigenvalue weighted by molar-refractivity contribution is 0.137. The normalized spacial score (nSPS) is 6.00. The van der Waals surface area contributed by atoms with Crippen LogP contribution in [0.2, 0.25) is 0 Å². The molecular weight excluding hydrogens is 102 g/mol. The second kappa shape index (κ2) is 8.94. The van der Waals surface area contributed by atoms with Crippen LogP contribution in [0.25, 0.3) is 0 Å². The van der Waals surface area contributed by atoms with E-state index in [9.17, 15) is 0 Å². The maximum absolute atomic E-state index is 8.56. The van der Waals surface area contributed by atoms with E-state index in [0.717, 1.165) is 0 Å². The quantitative estimate of drug-likeness (QED) is 0.191. The summed E-state index contributed by atoms with van der Waals surface area (Å²) in [5, 5.41) is 13.9. The summed E-state index contributed by atoms with van der Waals surface area (Å²) in [6, 6.07) is 0. The molecule has 0 aliphatic heterocycles. The highest BCUT2D eigenvalue weighted by molar-refractivity contribution is 5.53. The minimum Gasteiger partial charge on any atom is -0.450 e. The molecule has 7 N–H and O–H groups in total. The summed E-state index contributed by atoms with van der Waals surface area (Å²) in [6.45, 7) is 0. The number of hydrazine groups is 2. The maximum atomic E-state index is 8.56. The minimum atomic E-state index is -1.83. The largest absolute Gasteiger partial charge is 0.503 e. The lowest BCUT2D eigenvalue weighted by atomic mass is 11.5. The molecule has 0 saturated carbocycles. The molecule has 0 unspecified atom stereocenters. The maximum Gasteiger partial charge on any atom is 0.503 e. The molecule has 0 fully saturated rings. The molecule has 0 aromatic heterocycles. The fourth-order valence-corrected chi connectivity index (χ4v) is 0. The van der Waals surface area contributed by atoms with Crippen molar-refractivity contribution in [2.75, 3.05) is 0 Å². The van der Waals surface area contributed by atoms with Gasteiger partial charge >= 0.3 is 6.16 Å². The van der Waals surface area contributed by atoms with E-state index in [1.807, 2.05) is 0 Å². The molecule has 0 heterocycles. The van der Waals surface area contributed by atoms with Gasteiger partial charge in [-0.3, -0.25) is 11.7 Å². The van der Waals surface area contributed by atoms with Crippen molar-refractivity contribution in [3.05, 3.63) is 0 Å². The van der Waals surface area contributed by atoms with E-state index in [0.29, 0.717) is 0 Å². The number of nitrogens with two attached hydrogens (primary N) is 2. The van der Waals surface area contributed by atoms with E-state index in [1.165, 1.54) is 0 Å². The van der Waals surface area contributed by atoms with E-state index in [-0.39, 0.29) is 0 Å². The lowest BCUT2D eigenvalue weighted by Crippen LogP contribution is -2.29. The highest BCUT2D eigenvalue weighted by Gasteiger charge is 1.70. The summed E-state index contributed by atoms with van der Waals surface area (Å²) >= 11 is 0. The van der Waals surface area contributed by atoms with Crippen LogP contribution in [0.5, 0.6) is 0 Å². The number of nitrogens with one attached hydrogen (secondary N) is 1. The number of carboxylic acid groups (broad SMARTS) is 2. The van der Waals surface area contributed by atoms with Gasteiger partial charge in [-0.05, 0) is 0 Å². The molecule has 0 spiro atoms. The van der Waals surface area contributed by atoms with Gasteiger partial charge in [0, 0.05) is 0 Å². The fourth-order valence-electron chi connectivity index (χ4n) is 0. The van der Waals surface area contributed by atoms with Gasteiger partial charge < -0.3 is 10.2 Å². The molecule has 0 rings (SSSR count). The molecule has 0 aliphatic rings. The number of carbonyl (C=O) groups is 1. The molecule has 0 bridgehead atoms. The molecule has 0 atom stereocenters. The van der Waals surface area contributed by atoms with Gasteiger partial charge in [0.1, 0.15) is 0 Å². The highest BCUT2D eigenvalue weighted by atomic mass is 16.6. The Morgan fingerprint density at radius 3 is 1.43 bits per heavy atom. The Bertz CT molecular complexity index is 41.4. The van der Waals surface area contributed by atoms with Gasteiger partial charge in [0.25, 0.3) is 0 Å². The minimum absolute atomic E-state index is 1.75. The van der Waals surface area contributed by atoms with Crippen molar-refractivity contribution in [3.63, 3.8) is 0 Å². The molecular formula is CH7N3O3. The molecule has 44 valence electrons. The topological polar surface area (TPSA) is 122 Å². The molecule has 0 aromatic rings. The second-order valence-electron chi connectivity index (χ2n) is 0.449. The van der Waals surface area contributed by atoms with E-state index in [1.54, 1.807) is 5.53 Å². The smallest absolute Gasteiger partial charge is 0.450 e. The first-order valence-corrected chi connectivity index (χ1v) is 1.23. The first-order valence-electron chi connectivity index (χ1n) is 1.23. The lowest BCUT2D eigenvalue weighted by Gasteiger charge is -1.64. The van der Waals surface area contributed by atoms with Gasteiger partial charge in [-0.15, -0.1) is 0 Å². The standard InChI is InChI=1S/CH2O3.H5N3/c2-1(3)4;1-3-2/h(H2,2,3,4);3H,1-2H2. The summed E-state index contributed by atoms with van der Waals surface area (Å²) in [4.78, 5) is 8.56. The average molecular weight is 109 g/mol. The summed E-state index contributed by atoms with van der Waals surface area (Å²) in [7, 11) is 0. The molecule has 0 amide bonds. The van der Waals surface area contributed by atoms with Gasteiger partial charge in [-0.25, -0.2) is 4.79 Å². The van der Waals surface area contributed by atoms with Crippen molar-refractivity contribution in [2.24, 2.45) is 11.7 Å². The van der Waals surface area contributed by atoms with Crippen LogP contribution in [0.15, 0.2) is 0 Å². The Balaban J connectivity index is 0. The van der Waals surface area contributed by atoms with Gasteiger partial charge in [0.15, 0.2) is 0 Å². The van der Waals surface area contributed by atoms with Crippen molar-refractivity contribution in [1.29, 1.82) is 0 Å². The van der Waals surface area contributed by atoms with Crippen molar-refractivity contribution in [1.82, 2.24) is 5.53 Å². The molecule has 0 aliphatic carbocycles. The van der Waals surface area contributed by atoms with Gasteiger partial charge in [-0.2, -0.15) is 5.53 Å². The summed E-state index contributed by atoms with van der Waals surface area (Å²) in [5.41, 5.74) is 1.75. The van der Waals surface area contributed by atoms with Crippen molar-refractivity contribution >= 4 is 6.16 Å².